The molecule has 35 heavy (non-hydrogen) atoms. The van der Waals surface area contributed by atoms with Gasteiger partial charge in [0.1, 0.15) is 13.2 Å². The van der Waals surface area contributed by atoms with E-state index in [4.69, 9.17) is 14.2 Å². The third-order valence-corrected chi connectivity index (χ3v) is 7.31. The van der Waals surface area contributed by atoms with Crippen molar-refractivity contribution in [2.45, 2.75) is 174 Å². The molecule has 0 saturated carbocycles. The Hall–Kier alpha value is -0.450. The maximum absolute atomic E-state index is 11.6. The van der Waals surface area contributed by atoms with Gasteiger partial charge in [0, 0.05) is 6.42 Å². The minimum Gasteiger partial charge on any atom is -0.327 e. The van der Waals surface area contributed by atoms with Crippen molar-refractivity contribution >= 4 is 5.78 Å². The number of ether oxygens (including phenoxy) is 3. The van der Waals surface area contributed by atoms with Gasteiger partial charge in [-0.25, -0.2) is 0 Å². The molecule has 0 radical (unpaired) electrons. The molecule has 4 nitrogen and oxygen atoms in total. The van der Waals surface area contributed by atoms with E-state index in [0.717, 1.165) is 19.3 Å². The standard InChI is InChI=1S/C31H60O4/c1-3-5-7-9-11-13-15-17-19-21-23-25-27-33-31(34-28-30(32)29-35-31)26-24-22-20-18-16-14-12-10-8-6-4-2/h3-29H2,1-2H3. The highest BCUT2D eigenvalue weighted by Gasteiger charge is 2.37. The summed E-state index contributed by atoms with van der Waals surface area (Å²) in [6.45, 7) is 5.45. The van der Waals surface area contributed by atoms with E-state index in [2.05, 4.69) is 13.8 Å². The smallest absolute Gasteiger partial charge is 0.283 e. The fourth-order valence-electron chi connectivity index (χ4n) is 4.94. The van der Waals surface area contributed by atoms with E-state index < -0.39 is 5.97 Å². The van der Waals surface area contributed by atoms with Crippen molar-refractivity contribution in [2.75, 3.05) is 19.8 Å². The van der Waals surface area contributed by atoms with Crippen molar-refractivity contribution < 1.29 is 19.0 Å². The Morgan fingerprint density at radius 1 is 0.543 bits per heavy atom. The quantitative estimate of drug-likeness (QED) is 0.112. The molecular weight excluding hydrogens is 436 g/mol. The average Bonchev–Trinajstić information content (AvgIpc) is 2.87. The second kappa shape index (κ2) is 23.9. The average molecular weight is 497 g/mol. The van der Waals surface area contributed by atoms with Gasteiger partial charge in [0.2, 0.25) is 0 Å². The van der Waals surface area contributed by atoms with Crippen LogP contribution in [-0.4, -0.2) is 31.6 Å². The lowest BCUT2D eigenvalue weighted by Gasteiger charge is -2.36. The van der Waals surface area contributed by atoms with Gasteiger partial charge in [0.15, 0.2) is 5.78 Å². The van der Waals surface area contributed by atoms with Gasteiger partial charge in [-0.3, -0.25) is 4.79 Å². The summed E-state index contributed by atoms with van der Waals surface area (Å²) < 4.78 is 17.7. The topological polar surface area (TPSA) is 44.8 Å². The molecule has 0 aromatic carbocycles. The monoisotopic (exact) mass is 496 g/mol. The molecule has 0 bridgehead atoms. The first kappa shape index (κ1) is 32.6. The van der Waals surface area contributed by atoms with E-state index in [1.807, 2.05) is 0 Å². The van der Waals surface area contributed by atoms with E-state index in [0.29, 0.717) is 6.61 Å². The number of Topliss-reactive ketones (excluding diaryl/α,β-unsaturated/α-hetero) is 1. The summed E-state index contributed by atoms with van der Waals surface area (Å²) in [5.74, 6) is -0.973. The van der Waals surface area contributed by atoms with Gasteiger partial charge in [0.05, 0.1) is 6.61 Å². The van der Waals surface area contributed by atoms with Gasteiger partial charge in [0.25, 0.3) is 5.97 Å². The molecule has 208 valence electrons. The van der Waals surface area contributed by atoms with Gasteiger partial charge >= 0.3 is 0 Å². The summed E-state index contributed by atoms with van der Waals surface area (Å²) in [6.07, 6.45) is 31.2. The van der Waals surface area contributed by atoms with Gasteiger partial charge in [-0.15, -0.1) is 0 Å². The molecule has 1 fully saturated rings. The van der Waals surface area contributed by atoms with E-state index >= 15 is 0 Å². The van der Waals surface area contributed by atoms with Crippen LogP contribution in [0.5, 0.6) is 0 Å². The van der Waals surface area contributed by atoms with E-state index in [1.165, 1.54) is 135 Å². The zero-order chi connectivity index (χ0) is 25.3. The summed E-state index contributed by atoms with van der Waals surface area (Å²) in [6, 6.07) is 0. The lowest BCUT2D eigenvalue weighted by molar-refractivity contribution is -0.389. The molecule has 0 aromatic heterocycles. The van der Waals surface area contributed by atoms with Gasteiger partial charge in [-0.1, -0.05) is 149 Å². The molecule has 1 rings (SSSR count). The number of ketones is 1. The number of hydrogen-bond acceptors (Lipinski definition) is 4. The molecule has 0 aliphatic carbocycles. The highest BCUT2D eigenvalue weighted by molar-refractivity contribution is 5.81. The number of unbranched alkanes of at least 4 members (excludes halogenated alkanes) is 21. The predicted molar refractivity (Wildman–Crippen MR) is 148 cm³/mol. The van der Waals surface area contributed by atoms with Crippen molar-refractivity contribution in [1.82, 2.24) is 0 Å². The Balaban J connectivity index is 2.03. The fraction of sp³-hybridized carbons (Fsp3) is 0.968. The Bertz CT molecular complexity index is 455. The molecule has 4 heteroatoms. The van der Waals surface area contributed by atoms with Crippen LogP contribution in [0.4, 0.5) is 0 Å². The summed E-state index contributed by atoms with van der Waals surface area (Å²) >= 11 is 0. The van der Waals surface area contributed by atoms with Crippen LogP contribution in [0.25, 0.3) is 0 Å². The van der Waals surface area contributed by atoms with Crippen LogP contribution in [0.2, 0.25) is 0 Å². The number of carbonyl (C=O) groups is 1. The highest BCUT2D eigenvalue weighted by Crippen LogP contribution is 2.27. The lowest BCUT2D eigenvalue weighted by Crippen LogP contribution is -2.47. The molecule has 0 atom stereocenters. The summed E-state index contributed by atoms with van der Waals surface area (Å²) in [5.41, 5.74) is 0. The third-order valence-electron chi connectivity index (χ3n) is 7.31. The molecule has 0 spiro atoms. The molecular formula is C31H60O4. The SMILES string of the molecule is CCCCCCCCCCCCCCOC1(CCCCCCCCCCCCC)OCC(=O)CO1. The van der Waals surface area contributed by atoms with Crippen LogP contribution >= 0.6 is 0 Å². The molecule has 0 amide bonds. The molecule has 1 aliphatic heterocycles. The van der Waals surface area contributed by atoms with Crippen LogP contribution < -0.4 is 0 Å². The highest BCUT2D eigenvalue weighted by atomic mass is 16.9. The number of carbonyl (C=O) groups excluding carboxylic acids is 1. The summed E-state index contributed by atoms with van der Waals surface area (Å²) in [5, 5.41) is 0. The first-order chi connectivity index (χ1) is 17.2. The third kappa shape index (κ3) is 19.3. The van der Waals surface area contributed by atoms with Crippen molar-refractivity contribution in [3.05, 3.63) is 0 Å². The van der Waals surface area contributed by atoms with Crippen LogP contribution in [0.3, 0.4) is 0 Å². The van der Waals surface area contributed by atoms with Crippen molar-refractivity contribution in [3.63, 3.8) is 0 Å². The second-order valence-corrected chi connectivity index (χ2v) is 10.8. The normalized spacial score (nSPS) is 15.7. The molecule has 0 N–H and O–H groups in total. The predicted octanol–water partition coefficient (Wildman–Crippen LogP) is 9.67. The van der Waals surface area contributed by atoms with Crippen LogP contribution in [0.15, 0.2) is 0 Å². The number of rotatable bonds is 26. The van der Waals surface area contributed by atoms with E-state index in [-0.39, 0.29) is 19.0 Å². The molecule has 1 heterocycles. The molecule has 1 aliphatic rings. The second-order valence-electron chi connectivity index (χ2n) is 10.8. The lowest BCUT2D eigenvalue weighted by atomic mass is 10.0. The molecule has 0 unspecified atom stereocenters. The fourth-order valence-corrected chi connectivity index (χ4v) is 4.94. The van der Waals surface area contributed by atoms with Gasteiger partial charge in [-0.05, 0) is 12.8 Å². The zero-order valence-electron chi connectivity index (χ0n) is 23.7. The van der Waals surface area contributed by atoms with E-state index in [1.54, 1.807) is 0 Å². The molecule has 1 saturated heterocycles. The largest absolute Gasteiger partial charge is 0.327 e. The van der Waals surface area contributed by atoms with Crippen LogP contribution in [0, 0.1) is 0 Å². The Labute approximate surface area is 218 Å². The number of hydrogen-bond donors (Lipinski definition) is 0. The van der Waals surface area contributed by atoms with Crippen LogP contribution in [-0.2, 0) is 19.0 Å². The molecule has 0 aromatic rings. The van der Waals surface area contributed by atoms with Crippen molar-refractivity contribution in [2.24, 2.45) is 0 Å². The first-order valence-corrected chi connectivity index (χ1v) is 15.7. The van der Waals surface area contributed by atoms with Crippen molar-refractivity contribution in [3.8, 4) is 0 Å². The van der Waals surface area contributed by atoms with Gasteiger partial charge in [-0.2, -0.15) is 0 Å². The Morgan fingerprint density at radius 3 is 1.29 bits per heavy atom. The Kier molecular flexibility index (Phi) is 22.3. The summed E-state index contributed by atoms with van der Waals surface area (Å²) in [7, 11) is 0. The Morgan fingerprint density at radius 2 is 0.886 bits per heavy atom. The van der Waals surface area contributed by atoms with Gasteiger partial charge < -0.3 is 14.2 Å². The minimum atomic E-state index is -0.981. The van der Waals surface area contributed by atoms with E-state index in [9.17, 15) is 4.79 Å². The summed E-state index contributed by atoms with van der Waals surface area (Å²) in [4.78, 5) is 11.6. The zero-order valence-corrected chi connectivity index (χ0v) is 23.7. The van der Waals surface area contributed by atoms with Crippen molar-refractivity contribution in [1.29, 1.82) is 0 Å². The first-order valence-electron chi connectivity index (χ1n) is 15.7. The maximum atomic E-state index is 11.6. The minimum absolute atomic E-state index is 0.00789. The maximum Gasteiger partial charge on any atom is 0.283 e. The van der Waals surface area contributed by atoms with Crippen LogP contribution in [0.1, 0.15) is 168 Å².